The lowest BCUT2D eigenvalue weighted by molar-refractivity contribution is 0.796. The first kappa shape index (κ1) is 8.72. The molecule has 2 heteroatoms. The first-order valence-electron chi connectivity index (χ1n) is 4.08. The molecular weight excluding hydrogens is 154 g/mol. The molecule has 0 aliphatic rings. The Kier molecular flexibility index (Phi) is 3.57. The highest BCUT2D eigenvalue weighted by Gasteiger charge is 1.95. The van der Waals surface area contributed by atoms with Gasteiger partial charge in [-0.25, -0.2) is 0 Å². The van der Waals surface area contributed by atoms with Gasteiger partial charge in [-0.15, -0.1) is 11.8 Å². The van der Waals surface area contributed by atoms with E-state index in [1.54, 1.807) is 11.8 Å². The topological polar surface area (TPSA) is 15.8 Å². The number of aryl methyl sites for hydroxylation is 1. The van der Waals surface area contributed by atoms with E-state index < -0.39 is 0 Å². The molecule has 0 atom stereocenters. The van der Waals surface area contributed by atoms with Gasteiger partial charge < -0.3 is 4.98 Å². The van der Waals surface area contributed by atoms with Crippen molar-refractivity contribution in [1.29, 1.82) is 0 Å². The van der Waals surface area contributed by atoms with Gasteiger partial charge in [0.25, 0.3) is 0 Å². The Morgan fingerprint density at radius 3 is 2.91 bits per heavy atom. The van der Waals surface area contributed by atoms with Crippen LogP contribution >= 0.6 is 11.8 Å². The summed E-state index contributed by atoms with van der Waals surface area (Å²) >= 11 is 1.77. The van der Waals surface area contributed by atoms with Crippen molar-refractivity contribution in [2.75, 3.05) is 6.26 Å². The van der Waals surface area contributed by atoms with Crippen molar-refractivity contribution in [2.24, 2.45) is 0 Å². The Balaban J connectivity index is 2.44. The number of thioether (sulfide) groups is 1. The van der Waals surface area contributed by atoms with E-state index in [1.165, 1.54) is 29.9 Å². The molecular formula is C9H15NS. The Labute approximate surface area is 72.6 Å². The average molecular weight is 169 g/mol. The van der Waals surface area contributed by atoms with Gasteiger partial charge in [-0.2, -0.15) is 0 Å². The number of aromatic amines is 1. The van der Waals surface area contributed by atoms with Crippen LogP contribution < -0.4 is 0 Å². The molecule has 62 valence electrons. The minimum absolute atomic E-state index is 1.22. The van der Waals surface area contributed by atoms with Gasteiger partial charge in [-0.05, 0) is 30.7 Å². The van der Waals surface area contributed by atoms with Gasteiger partial charge in [0.2, 0.25) is 0 Å². The van der Waals surface area contributed by atoms with E-state index in [1.807, 2.05) is 0 Å². The van der Waals surface area contributed by atoms with E-state index in [0.717, 1.165) is 0 Å². The van der Waals surface area contributed by atoms with Gasteiger partial charge >= 0.3 is 0 Å². The van der Waals surface area contributed by atoms with Gasteiger partial charge in [-0.1, -0.05) is 13.3 Å². The van der Waals surface area contributed by atoms with Crippen molar-refractivity contribution in [2.45, 2.75) is 31.2 Å². The SMILES string of the molecule is CCCCc1c[nH]c(SC)c1. The van der Waals surface area contributed by atoms with Gasteiger partial charge in [0.15, 0.2) is 0 Å². The summed E-state index contributed by atoms with van der Waals surface area (Å²) in [6, 6.07) is 2.24. The van der Waals surface area contributed by atoms with Crippen LogP contribution in [0, 0.1) is 0 Å². The largest absolute Gasteiger partial charge is 0.356 e. The van der Waals surface area contributed by atoms with Crippen molar-refractivity contribution in [3.05, 3.63) is 17.8 Å². The molecule has 0 amide bonds. The Hall–Kier alpha value is -0.370. The normalized spacial score (nSPS) is 10.4. The third-order valence-electron chi connectivity index (χ3n) is 1.76. The van der Waals surface area contributed by atoms with E-state index in [0.29, 0.717) is 0 Å². The van der Waals surface area contributed by atoms with Crippen molar-refractivity contribution in [1.82, 2.24) is 4.98 Å². The molecule has 1 rings (SSSR count). The number of hydrogen-bond donors (Lipinski definition) is 1. The minimum Gasteiger partial charge on any atom is -0.356 e. The predicted octanol–water partition coefficient (Wildman–Crippen LogP) is 3.08. The molecule has 1 heterocycles. The summed E-state index contributed by atoms with van der Waals surface area (Å²) in [6.07, 6.45) is 8.00. The lowest BCUT2D eigenvalue weighted by Gasteiger charge is -1.91. The van der Waals surface area contributed by atoms with Crippen LogP contribution in [0.1, 0.15) is 25.3 Å². The summed E-state index contributed by atoms with van der Waals surface area (Å²) in [5.41, 5.74) is 1.44. The van der Waals surface area contributed by atoms with Crippen LogP contribution in [-0.2, 0) is 6.42 Å². The van der Waals surface area contributed by atoms with Crippen LogP contribution in [0.3, 0.4) is 0 Å². The van der Waals surface area contributed by atoms with E-state index in [2.05, 4.69) is 30.4 Å². The van der Waals surface area contributed by atoms with Crippen LogP contribution in [0.15, 0.2) is 17.3 Å². The van der Waals surface area contributed by atoms with Crippen molar-refractivity contribution in [3.63, 3.8) is 0 Å². The number of nitrogens with one attached hydrogen (secondary N) is 1. The first-order chi connectivity index (χ1) is 5.36. The molecule has 0 saturated carbocycles. The fourth-order valence-corrected chi connectivity index (χ4v) is 1.50. The number of H-pyrrole nitrogens is 1. The Morgan fingerprint density at radius 1 is 1.55 bits per heavy atom. The molecule has 0 aliphatic carbocycles. The highest BCUT2D eigenvalue weighted by atomic mass is 32.2. The van der Waals surface area contributed by atoms with Crippen molar-refractivity contribution >= 4 is 11.8 Å². The van der Waals surface area contributed by atoms with Crippen molar-refractivity contribution < 1.29 is 0 Å². The second-order valence-electron chi connectivity index (χ2n) is 2.68. The summed E-state index contributed by atoms with van der Waals surface area (Å²) in [4.78, 5) is 3.23. The second kappa shape index (κ2) is 4.50. The van der Waals surface area contributed by atoms with Crippen LogP contribution in [0.2, 0.25) is 0 Å². The fraction of sp³-hybridized carbons (Fsp3) is 0.556. The molecule has 0 unspecified atom stereocenters. The van der Waals surface area contributed by atoms with Gasteiger partial charge in [0.1, 0.15) is 0 Å². The maximum atomic E-state index is 3.23. The van der Waals surface area contributed by atoms with Gasteiger partial charge in [-0.3, -0.25) is 0 Å². The highest BCUT2D eigenvalue weighted by Crippen LogP contribution is 2.15. The number of hydrogen-bond acceptors (Lipinski definition) is 1. The molecule has 1 nitrogen and oxygen atoms in total. The van der Waals surface area contributed by atoms with Crippen LogP contribution in [0.5, 0.6) is 0 Å². The summed E-state index contributed by atoms with van der Waals surface area (Å²) in [7, 11) is 0. The number of unbranched alkanes of at least 4 members (excludes halogenated alkanes) is 1. The Bertz CT molecular complexity index is 205. The zero-order valence-electron chi connectivity index (χ0n) is 7.18. The second-order valence-corrected chi connectivity index (χ2v) is 3.53. The summed E-state index contributed by atoms with van der Waals surface area (Å²) in [5.74, 6) is 0. The van der Waals surface area contributed by atoms with E-state index in [4.69, 9.17) is 0 Å². The molecule has 0 aliphatic heterocycles. The molecule has 0 fully saturated rings. The van der Waals surface area contributed by atoms with Crippen LogP contribution in [-0.4, -0.2) is 11.2 Å². The van der Waals surface area contributed by atoms with E-state index >= 15 is 0 Å². The summed E-state index contributed by atoms with van der Waals surface area (Å²) < 4.78 is 0. The third kappa shape index (κ3) is 2.62. The lowest BCUT2D eigenvalue weighted by Crippen LogP contribution is -1.78. The molecule has 0 saturated heterocycles. The molecule has 0 bridgehead atoms. The molecule has 1 aromatic heterocycles. The molecule has 0 radical (unpaired) electrons. The molecule has 0 aromatic carbocycles. The molecule has 1 aromatic rings. The van der Waals surface area contributed by atoms with E-state index in [9.17, 15) is 0 Å². The summed E-state index contributed by atoms with van der Waals surface area (Å²) in [5, 5.41) is 1.27. The van der Waals surface area contributed by atoms with Gasteiger partial charge in [0.05, 0.1) is 5.03 Å². The van der Waals surface area contributed by atoms with Crippen molar-refractivity contribution in [3.8, 4) is 0 Å². The quantitative estimate of drug-likeness (QED) is 0.685. The van der Waals surface area contributed by atoms with E-state index in [-0.39, 0.29) is 0 Å². The van der Waals surface area contributed by atoms with Crippen LogP contribution in [0.25, 0.3) is 0 Å². The maximum absolute atomic E-state index is 3.23. The first-order valence-corrected chi connectivity index (χ1v) is 5.30. The highest BCUT2D eigenvalue weighted by molar-refractivity contribution is 7.98. The average Bonchev–Trinajstić information content (AvgIpc) is 2.48. The van der Waals surface area contributed by atoms with Crippen LogP contribution in [0.4, 0.5) is 0 Å². The number of aromatic nitrogens is 1. The molecule has 0 spiro atoms. The smallest absolute Gasteiger partial charge is 0.0721 e. The molecule has 11 heavy (non-hydrogen) atoms. The zero-order valence-corrected chi connectivity index (χ0v) is 8.00. The standard InChI is InChI=1S/C9H15NS/c1-3-4-5-8-6-9(11-2)10-7-8/h6-7,10H,3-5H2,1-2H3. The Morgan fingerprint density at radius 2 is 2.36 bits per heavy atom. The minimum atomic E-state index is 1.22. The maximum Gasteiger partial charge on any atom is 0.0721 e. The third-order valence-corrected chi connectivity index (χ3v) is 2.43. The monoisotopic (exact) mass is 169 g/mol. The predicted molar refractivity (Wildman–Crippen MR) is 51.2 cm³/mol. The fourth-order valence-electron chi connectivity index (χ4n) is 1.06. The van der Waals surface area contributed by atoms with Gasteiger partial charge in [0, 0.05) is 6.20 Å². The number of rotatable bonds is 4. The summed E-state index contributed by atoms with van der Waals surface area (Å²) in [6.45, 7) is 2.22. The zero-order chi connectivity index (χ0) is 8.10. The molecule has 1 N–H and O–H groups in total. The lowest BCUT2D eigenvalue weighted by atomic mass is 10.2.